The third-order valence-corrected chi connectivity index (χ3v) is 5.76. The lowest BCUT2D eigenvalue weighted by molar-refractivity contribution is 0.302. The van der Waals surface area contributed by atoms with Crippen LogP contribution in [0.1, 0.15) is 16.7 Å². The average Bonchev–Trinajstić information content (AvgIpc) is 2.67. The summed E-state index contributed by atoms with van der Waals surface area (Å²) >= 11 is 19.4. The van der Waals surface area contributed by atoms with Gasteiger partial charge in [0.1, 0.15) is 12.4 Å². The van der Waals surface area contributed by atoms with Gasteiger partial charge in [0.15, 0.2) is 0 Å². The third-order valence-electron chi connectivity index (χ3n) is 3.87. The molecule has 0 aliphatic carbocycles. The van der Waals surface area contributed by atoms with Gasteiger partial charge in [0.25, 0.3) is 0 Å². The molecule has 0 atom stereocenters. The molecule has 0 radical (unpaired) electrons. The predicted molar refractivity (Wildman–Crippen MR) is 124 cm³/mol. The quantitative estimate of drug-likeness (QED) is 0.252. The Morgan fingerprint density at radius 1 is 0.929 bits per heavy atom. The van der Waals surface area contributed by atoms with Crippen molar-refractivity contribution in [2.75, 3.05) is 0 Å². The van der Waals surface area contributed by atoms with E-state index in [1.807, 2.05) is 48.5 Å². The molecule has 0 heterocycles. The van der Waals surface area contributed by atoms with Crippen molar-refractivity contribution in [1.29, 1.82) is 0 Å². The van der Waals surface area contributed by atoms with E-state index in [4.69, 9.17) is 27.9 Å². The summed E-state index contributed by atoms with van der Waals surface area (Å²) in [6.07, 6.45) is 1.72. The summed E-state index contributed by atoms with van der Waals surface area (Å²) in [6, 6.07) is 19.3. The lowest BCUT2D eigenvalue weighted by Crippen LogP contribution is -2.06. The monoisotopic (exact) mass is 540 g/mol. The van der Waals surface area contributed by atoms with E-state index in [0.29, 0.717) is 23.2 Å². The summed E-state index contributed by atoms with van der Waals surface area (Å²) in [5.41, 5.74) is 5.80. The first kappa shape index (κ1) is 21.2. The largest absolute Gasteiger partial charge is 0.487 e. The normalized spacial score (nSPS) is 11.0. The van der Waals surface area contributed by atoms with Crippen molar-refractivity contribution < 1.29 is 4.74 Å². The molecule has 3 nitrogen and oxygen atoms in total. The summed E-state index contributed by atoms with van der Waals surface area (Å²) in [7, 11) is 0. The minimum atomic E-state index is 0.440. The smallest absolute Gasteiger partial charge is 0.148 e. The van der Waals surface area contributed by atoms with Crippen LogP contribution < -0.4 is 10.2 Å². The highest BCUT2D eigenvalue weighted by atomic mass is 79.9. The minimum Gasteiger partial charge on any atom is -0.487 e. The zero-order chi connectivity index (χ0) is 19.9. The van der Waals surface area contributed by atoms with E-state index < -0.39 is 0 Å². The van der Waals surface area contributed by atoms with Crippen LogP contribution in [-0.2, 0) is 13.2 Å². The molecule has 3 rings (SSSR count). The fraction of sp³-hybridized carbons (Fsp3) is 0.0952. The fourth-order valence-corrected chi connectivity index (χ4v) is 4.45. The van der Waals surface area contributed by atoms with E-state index >= 15 is 0 Å². The van der Waals surface area contributed by atoms with E-state index in [-0.39, 0.29) is 0 Å². The average molecular weight is 543 g/mol. The molecule has 144 valence electrons. The van der Waals surface area contributed by atoms with Crippen molar-refractivity contribution >= 4 is 61.3 Å². The van der Waals surface area contributed by atoms with Crippen LogP contribution in [0.3, 0.4) is 0 Å². The van der Waals surface area contributed by atoms with Crippen LogP contribution in [0.25, 0.3) is 0 Å². The molecule has 1 N–H and O–H groups in total. The Morgan fingerprint density at radius 3 is 2.21 bits per heavy atom. The van der Waals surface area contributed by atoms with Gasteiger partial charge < -0.3 is 10.2 Å². The number of halogens is 4. The van der Waals surface area contributed by atoms with Crippen LogP contribution in [0.15, 0.2) is 74.7 Å². The maximum atomic E-state index is 6.16. The predicted octanol–water partition coefficient (Wildman–Crippen LogP) is 7.22. The summed E-state index contributed by atoms with van der Waals surface area (Å²) in [5.74, 6) is 0.747. The summed E-state index contributed by atoms with van der Waals surface area (Å²) in [6.45, 7) is 0.932. The molecule has 3 aromatic rings. The molecular weight excluding hydrogens is 527 g/mol. The second-order valence-electron chi connectivity index (χ2n) is 5.88. The Kier molecular flexibility index (Phi) is 7.80. The van der Waals surface area contributed by atoms with Gasteiger partial charge in [-0.2, -0.15) is 5.10 Å². The highest BCUT2D eigenvalue weighted by molar-refractivity contribution is 9.11. The molecule has 0 saturated heterocycles. The van der Waals surface area contributed by atoms with Gasteiger partial charge in [-0.3, -0.25) is 0 Å². The van der Waals surface area contributed by atoms with Gasteiger partial charge in [-0.25, -0.2) is 0 Å². The van der Waals surface area contributed by atoms with Crippen LogP contribution in [0, 0.1) is 0 Å². The van der Waals surface area contributed by atoms with Gasteiger partial charge in [0.05, 0.1) is 21.7 Å². The van der Waals surface area contributed by atoms with Crippen molar-refractivity contribution in [2.45, 2.75) is 13.2 Å². The van der Waals surface area contributed by atoms with Gasteiger partial charge in [-0.15, -0.1) is 0 Å². The molecule has 0 amide bonds. The Balaban J connectivity index is 1.62. The van der Waals surface area contributed by atoms with Crippen LogP contribution >= 0.6 is 55.1 Å². The first-order chi connectivity index (χ1) is 13.5. The molecule has 28 heavy (non-hydrogen) atoms. The van der Waals surface area contributed by atoms with E-state index in [2.05, 4.69) is 42.4 Å². The van der Waals surface area contributed by atoms with E-state index in [9.17, 15) is 0 Å². The summed E-state index contributed by atoms with van der Waals surface area (Å²) in [5, 5.41) is 5.47. The number of hydrazone groups is 1. The molecule has 7 heteroatoms. The van der Waals surface area contributed by atoms with Gasteiger partial charge in [-0.05, 0) is 67.3 Å². The van der Waals surface area contributed by atoms with E-state index in [1.54, 1.807) is 18.3 Å². The molecule has 0 bridgehead atoms. The molecule has 0 aliphatic rings. The SMILES string of the molecule is Clc1cccc(Cl)c1CN/N=C/c1cc(Br)c(OCc2ccccc2)c(Br)c1. The third kappa shape index (κ3) is 5.74. The van der Waals surface area contributed by atoms with Crippen LogP contribution in [-0.4, -0.2) is 6.21 Å². The molecular formula is C21H16Br2Cl2N2O. The Bertz CT molecular complexity index is 938. The van der Waals surface area contributed by atoms with E-state index in [1.165, 1.54) is 0 Å². The second-order valence-corrected chi connectivity index (χ2v) is 8.40. The zero-order valence-corrected chi connectivity index (χ0v) is 19.3. The molecule has 0 unspecified atom stereocenters. The van der Waals surface area contributed by atoms with Crippen LogP contribution in [0.5, 0.6) is 5.75 Å². The number of hydrogen-bond acceptors (Lipinski definition) is 3. The van der Waals surface area contributed by atoms with Gasteiger partial charge in [-0.1, -0.05) is 59.6 Å². The Morgan fingerprint density at radius 2 is 1.57 bits per heavy atom. The molecule has 0 aromatic heterocycles. The number of ether oxygens (including phenoxy) is 1. The van der Waals surface area contributed by atoms with Gasteiger partial charge in [0.2, 0.25) is 0 Å². The maximum absolute atomic E-state index is 6.16. The van der Waals surface area contributed by atoms with Crippen molar-refractivity contribution in [3.63, 3.8) is 0 Å². The first-order valence-electron chi connectivity index (χ1n) is 8.39. The standard InChI is InChI=1S/C21H16Br2Cl2N2O/c22-17-9-15(11-26-27-12-16-19(24)7-4-8-20(16)25)10-18(23)21(17)28-13-14-5-2-1-3-6-14/h1-11,27H,12-13H2/b26-11+. The summed E-state index contributed by atoms with van der Waals surface area (Å²) in [4.78, 5) is 0. The number of hydrogen-bond donors (Lipinski definition) is 1. The maximum Gasteiger partial charge on any atom is 0.148 e. The number of benzene rings is 3. The highest BCUT2D eigenvalue weighted by Gasteiger charge is 2.09. The molecule has 0 spiro atoms. The number of rotatable bonds is 7. The number of nitrogens with zero attached hydrogens (tertiary/aromatic N) is 1. The lowest BCUT2D eigenvalue weighted by Gasteiger charge is -2.11. The minimum absolute atomic E-state index is 0.440. The van der Waals surface area contributed by atoms with Crippen molar-refractivity contribution in [1.82, 2.24) is 5.43 Å². The van der Waals surface area contributed by atoms with Crippen molar-refractivity contribution in [3.05, 3.63) is 96.3 Å². The first-order valence-corrected chi connectivity index (χ1v) is 10.7. The molecule has 3 aromatic carbocycles. The Hall–Kier alpha value is -1.53. The van der Waals surface area contributed by atoms with Crippen molar-refractivity contribution in [3.8, 4) is 5.75 Å². The van der Waals surface area contributed by atoms with Crippen LogP contribution in [0.4, 0.5) is 0 Å². The highest BCUT2D eigenvalue weighted by Crippen LogP contribution is 2.35. The summed E-state index contributed by atoms with van der Waals surface area (Å²) < 4.78 is 7.62. The fourth-order valence-electron chi connectivity index (χ4n) is 2.47. The van der Waals surface area contributed by atoms with Crippen LogP contribution in [0.2, 0.25) is 10.0 Å². The van der Waals surface area contributed by atoms with Crippen molar-refractivity contribution in [2.24, 2.45) is 5.10 Å². The number of nitrogens with one attached hydrogen (secondary N) is 1. The second kappa shape index (κ2) is 10.3. The molecule has 0 aliphatic heterocycles. The zero-order valence-electron chi connectivity index (χ0n) is 14.6. The Labute approximate surface area is 191 Å². The molecule has 0 fully saturated rings. The van der Waals surface area contributed by atoms with Gasteiger partial charge in [0, 0.05) is 15.6 Å². The molecule has 0 saturated carbocycles. The lowest BCUT2D eigenvalue weighted by atomic mass is 10.2. The topological polar surface area (TPSA) is 33.6 Å². The van der Waals surface area contributed by atoms with E-state index in [0.717, 1.165) is 31.4 Å². The van der Waals surface area contributed by atoms with Gasteiger partial charge >= 0.3 is 0 Å².